The fourth-order valence-electron chi connectivity index (χ4n) is 2.33. The van der Waals surface area contributed by atoms with E-state index in [1.54, 1.807) is 7.11 Å². The summed E-state index contributed by atoms with van der Waals surface area (Å²) in [7, 11) is 1.62. The number of hydrogen-bond donors (Lipinski definition) is 1. The molecule has 22 heavy (non-hydrogen) atoms. The summed E-state index contributed by atoms with van der Waals surface area (Å²) in [6.07, 6.45) is 3.08. The van der Waals surface area contributed by atoms with Crippen LogP contribution < -0.4 is 10.1 Å². The zero-order valence-electron chi connectivity index (χ0n) is 12.7. The molecule has 6 heteroatoms. The average molecular weight is 301 g/mol. The summed E-state index contributed by atoms with van der Waals surface area (Å²) >= 11 is 0. The number of ether oxygens (including phenoxy) is 1. The van der Waals surface area contributed by atoms with Crippen LogP contribution in [-0.2, 0) is 4.79 Å². The molecule has 0 radical (unpaired) electrons. The second kappa shape index (κ2) is 6.17. The number of amides is 1. The molecular weight excluding hydrogens is 282 g/mol. The van der Waals surface area contributed by atoms with Crippen molar-refractivity contribution >= 4 is 5.91 Å². The summed E-state index contributed by atoms with van der Waals surface area (Å²) < 4.78 is 10.4. The van der Waals surface area contributed by atoms with Gasteiger partial charge in [0.15, 0.2) is 0 Å². The van der Waals surface area contributed by atoms with E-state index in [9.17, 15) is 4.79 Å². The van der Waals surface area contributed by atoms with E-state index in [1.807, 2.05) is 31.2 Å². The Morgan fingerprint density at radius 3 is 2.68 bits per heavy atom. The molecule has 1 amide bonds. The molecule has 6 nitrogen and oxygen atoms in total. The Labute approximate surface area is 128 Å². The van der Waals surface area contributed by atoms with Crippen molar-refractivity contribution < 1.29 is 14.1 Å². The summed E-state index contributed by atoms with van der Waals surface area (Å²) in [6.45, 7) is 1.85. The minimum absolute atomic E-state index is 0.0722. The number of nitrogens with zero attached hydrogens (tertiary/aromatic N) is 2. The van der Waals surface area contributed by atoms with Crippen LogP contribution in [0.1, 0.15) is 38.1 Å². The first-order valence-corrected chi connectivity index (χ1v) is 7.46. The van der Waals surface area contributed by atoms with Crippen LogP contribution in [0.15, 0.2) is 28.8 Å². The lowest BCUT2D eigenvalue weighted by atomic mass is 9.84. The van der Waals surface area contributed by atoms with Gasteiger partial charge in [0.05, 0.1) is 7.11 Å². The highest BCUT2D eigenvalue weighted by Crippen LogP contribution is 2.27. The van der Waals surface area contributed by atoms with E-state index in [0.29, 0.717) is 11.7 Å². The Hall–Kier alpha value is -2.37. The van der Waals surface area contributed by atoms with Crippen molar-refractivity contribution in [2.45, 2.75) is 32.2 Å². The molecular formula is C16H19N3O3. The van der Waals surface area contributed by atoms with Gasteiger partial charge in [-0.05, 0) is 44.0 Å². The fraction of sp³-hybridized carbons (Fsp3) is 0.438. The van der Waals surface area contributed by atoms with Gasteiger partial charge < -0.3 is 14.6 Å². The van der Waals surface area contributed by atoms with E-state index in [2.05, 4.69) is 15.5 Å². The van der Waals surface area contributed by atoms with E-state index in [4.69, 9.17) is 9.26 Å². The lowest BCUT2D eigenvalue weighted by Crippen LogP contribution is -2.36. The van der Waals surface area contributed by atoms with Gasteiger partial charge in [-0.25, -0.2) is 0 Å². The van der Waals surface area contributed by atoms with Crippen molar-refractivity contribution in [2.75, 3.05) is 7.11 Å². The smallest absolute Gasteiger partial charge is 0.249 e. The van der Waals surface area contributed by atoms with Crippen molar-refractivity contribution in [1.82, 2.24) is 15.5 Å². The third-order valence-electron chi connectivity index (χ3n) is 4.00. The van der Waals surface area contributed by atoms with Crippen LogP contribution in [0.2, 0.25) is 0 Å². The zero-order chi connectivity index (χ0) is 15.5. The van der Waals surface area contributed by atoms with Gasteiger partial charge in [0.25, 0.3) is 0 Å². The summed E-state index contributed by atoms with van der Waals surface area (Å²) in [6, 6.07) is 7.13. The number of carbonyl (C=O) groups is 1. The van der Waals surface area contributed by atoms with E-state index < -0.39 is 0 Å². The molecule has 1 fully saturated rings. The molecule has 1 saturated carbocycles. The van der Waals surface area contributed by atoms with Gasteiger partial charge in [0, 0.05) is 11.5 Å². The van der Waals surface area contributed by atoms with Crippen LogP contribution in [0.4, 0.5) is 0 Å². The van der Waals surface area contributed by atoms with Crippen LogP contribution in [0.3, 0.4) is 0 Å². The number of hydrogen-bond acceptors (Lipinski definition) is 5. The third-order valence-corrected chi connectivity index (χ3v) is 4.00. The van der Waals surface area contributed by atoms with Crippen molar-refractivity contribution in [3.8, 4) is 17.1 Å². The van der Waals surface area contributed by atoms with E-state index in [1.165, 1.54) is 0 Å². The first-order valence-electron chi connectivity index (χ1n) is 7.46. The van der Waals surface area contributed by atoms with Crippen LogP contribution in [0, 0.1) is 5.92 Å². The normalized spacial score (nSPS) is 15.9. The van der Waals surface area contributed by atoms with Crippen molar-refractivity contribution in [3.05, 3.63) is 30.2 Å². The van der Waals surface area contributed by atoms with Crippen LogP contribution in [0.5, 0.6) is 5.75 Å². The van der Waals surface area contributed by atoms with E-state index in [-0.39, 0.29) is 17.9 Å². The molecule has 1 aliphatic carbocycles. The number of rotatable bonds is 5. The van der Waals surface area contributed by atoms with Gasteiger partial charge in [-0.3, -0.25) is 4.79 Å². The number of methoxy groups -OCH3 is 1. The zero-order valence-corrected chi connectivity index (χ0v) is 12.7. The average Bonchev–Trinajstić information content (AvgIpc) is 2.95. The second-order valence-electron chi connectivity index (χ2n) is 5.54. The second-order valence-corrected chi connectivity index (χ2v) is 5.54. The molecule has 3 rings (SSSR count). The first kappa shape index (κ1) is 14.6. The Balaban J connectivity index is 1.67. The van der Waals surface area contributed by atoms with Crippen LogP contribution >= 0.6 is 0 Å². The van der Waals surface area contributed by atoms with Crippen LogP contribution in [-0.4, -0.2) is 23.2 Å². The SMILES string of the molecule is COc1ccc(-c2noc(C(C)NC(=O)C3CCC3)n2)cc1. The van der Waals surface area contributed by atoms with Crippen molar-refractivity contribution in [1.29, 1.82) is 0 Å². The molecule has 116 valence electrons. The number of aromatic nitrogens is 2. The Morgan fingerprint density at radius 1 is 1.36 bits per heavy atom. The van der Waals surface area contributed by atoms with Crippen molar-refractivity contribution in [2.24, 2.45) is 5.92 Å². The number of benzene rings is 1. The maximum absolute atomic E-state index is 11.9. The van der Waals surface area contributed by atoms with Gasteiger partial charge >= 0.3 is 0 Å². The van der Waals surface area contributed by atoms with Gasteiger partial charge in [-0.1, -0.05) is 11.6 Å². The molecule has 1 aromatic carbocycles. The molecule has 0 bridgehead atoms. The standard InChI is InChI=1S/C16H19N3O3/c1-10(17-15(20)12-4-3-5-12)16-18-14(19-22-16)11-6-8-13(21-2)9-7-11/h6-10,12H,3-5H2,1-2H3,(H,17,20). The Morgan fingerprint density at radius 2 is 2.09 bits per heavy atom. The third kappa shape index (κ3) is 2.95. The highest BCUT2D eigenvalue weighted by atomic mass is 16.5. The predicted molar refractivity (Wildman–Crippen MR) is 80.2 cm³/mol. The van der Waals surface area contributed by atoms with Crippen LogP contribution in [0.25, 0.3) is 11.4 Å². The summed E-state index contributed by atoms with van der Waals surface area (Å²) in [5.41, 5.74) is 0.841. The summed E-state index contributed by atoms with van der Waals surface area (Å²) in [4.78, 5) is 16.3. The summed E-state index contributed by atoms with van der Waals surface area (Å²) in [5, 5.41) is 6.90. The minimum atomic E-state index is -0.285. The number of carbonyl (C=O) groups excluding carboxylic acids is 1. The molecule has 1 aliphatic rings. The molecule has 1 atom stereocenters. The number of nitrogens with one attached hydrogen (secondary N) is 1. The maximum Gasteiger partial charge on any atom is 0.249 e. The highest BCUT2D eigenvalue weighted by molar-refractivity contribution is 5.79. The van der Waals surface area contributed by atoms with Crippen molar-refractivity contribution in [3.63, 3.8) is 0 Å². The maximum atomic E-state index is 11.9. The van der Waals surface area contributed by atoms with E-state index >= 15 is 0 Å². The fourth-order valence-corrected chi connectivity index (χ4v) is 2.33. The summed E-state index contributed by atoms with van der Waals surface area (Å²) in [5.74, 6) is 1.91. The van der Waals surface area contributed by atoms with Gasteiger partial charge in [0.1, 0.15) is 11.8 Å². The molecule has 0 aliphatic heterocycles. The molecule has 1 aromatic heterocycles. The lowest BCUT2D eigenvalue weighted by molar-refractivity contribution is -0.128. The monoisotopic (exact) mass is 301 g/mol. The largest absolute Gasteiger partial charge is 0.497 e. The molecule has 1 unspecified atom stereocenters. The van der Waals surface area contributed by atoms with E-state index in [0.717, 1.165) is 30.6 Å². The van der Waals surface area contributed by atoms with Gasteiger partial charge in [-0.15, -0.1) is 0 Å². The highest BCUT2D eigenvalue weighted by Gasteiger charge is 2.27. The molecule has 0 spiro atoms. The molecule has 2 aromatic rings. The first-order chi connectivity index (χ1) is 10.7. The Kier molecular flexibility index (Phi) is 4.09. The Bertz CT molecular complexity index is 647. The molecule has 1 heterocycles. The molecule has 1 N–H and O–H groups in total. The molecule has 0 saturated heterocycles. The predicted octanol–water partition coefficient (Wildman–Crippen LogP) is 2.72. The quantitative estimate of drug-likeness (QED) is 0.918. The topological polar surface area (TPSA) is 77.3 Å². The minimum Gasteiger partial charge on any atom is -0.497 e. The van der Waals surface area contributed by atoms with Gasteiger partial charge in [0.2, 0.25) is 17.6 Å². The lowest BCUT2D eigenvalue weighted by Gasteiger charge is -2.25. The van der Waals surface area contributed by atoms with Gasteiger partial charge in [-0.2, -0.15) is 4.98 Å².